The number of ketones is 3. The van der Waals surface area contributed by atoms with Crippen LogP contribution in [-0.4, -0.2) is 175 Å². The Labute approximate surface area is 831 Å². The predicted molar refractivity (Wildman–Crippen MR) is 552 cm³/mol. The zero-order chi connectivity index (χ0) is 96.4. The summed E-state index contributed by atoms with van der Waals surface area (Å²) >= 11 is 8.88. The molecular weight excluding hydrogens is 1840 g/mol. The Balaban J connectivity index is 0.000000131. The fraction of sp³-hybridized carbons (Fsp3) is 0.365. The first-order chi connectivity index (χ1) is 67.4. The minimum atomic E-state index is 0.118. The van der Waals surface area contributed by atoms with Crippen LogP contribution in [0.25, 0.3) is 56.3 Å². The summed E-state index contributed by atoms with van der Waals surface area (Å²) in [6, 6.07) is 50.3. The largest absolute Gasteiger partial charge is 0.311 e. The molecule has 0 atom stereocenters. The Morgan fingerprint density at radius 3 is 1.22 bits per heavy atom. The number of hydrogen-bond acceptors (Lipinski definition) is 26. The van der Waals surface area contributed by atoms with E-state index in [4.69, 9.17) is 0 Å². The maximum Gasteiger partial charge on any atom is 0.237 e. The van der Waals surface area contributed by atoms with Gasteiger partial charge in [-0.05, 0) is 194 Å². The molecule has 138 heavy (non-hydrogen) atoms. The van der Waals surface area contributed by atoms with E-state index in [1.54, 1.807) is 53.6 Å². The van der Waals surface area contributed by atoms with Gasteiger partial charge in [0.2, 0.25) is 11.8 Å². The summed E-state index contributed by atoms with van der Waals surface area (Å²) in [7, 11) is 1.88. The van der Waals surface area contributed by atoms with Gasteiger partial charge in [0.15, 0.2) is 54.9 Å². The van der Waals surface area contributed by atoms with Crippen molar-refractivity contribution in [2.75, 3.05) is 51.7 Å². The van der Waals surface area contributed by atoms with Crippen LogP contribution in [0.3, 0.4) is 0 Å². The van der Waals surface area contributed by atoms with Gasteiger partial charge in [0.25, 0.3) is 0 Å². The number of carbonyl (C=O) groups is 5. The van der Waals surface area contributed by atoms with E-state index in [0.717, 1.165) is 220 Å². The lowest BCUT2D eigenvalue weighted by Crippen LogP contribution is -2.30. The van der Waals surface area contributed by atoms with Gasteiger partial charge in [-0.1, -0.05) is 211 Å². The quantitative estimate of drug-likeness (QED) is 0.0325. The summed E-state index contributed by atoms with van der Waals surface area (Å²) < 4.78 is 12.3. The molecule has 2 amide bonds. The van der Waals surface area contributed by atoms with Crippen molar-refractivity contribution in [3.63, 3.8) is 0 Å². The van der Waals surface area contributed by atoms with E-state index < -0.39 is 0 Å². The van der Waals surface area contributed by atoms with Crippen LogP contribution < -0.4 is 9.80 Å². The van der Waals surface area contributed by atoms with Crippen LogP contribution in [0.4, 0.5) is 11.4 Å². The van der Waals surface area contributed by atoms with E-state index in [-0.39, 0.29) is 29.2 Å². The maximum atomic E-state index is 12.9. The Morgan fingerprint density at radius 2 is 0.797 bits per heavy atom. The van der Waals surface area contributed by atoms with Crippen LogP contribution in [0.2, 0.25) is 0 Å². The second kappa shape index (κ2) is 49.4. The zero-order valence-electron chi connectivity index (χ0n) is 79.8. The number of rotatable bonds is 38. The van der Waals surface area contributed by atoms with Crippen LogP contribution >= 0.6 is 70.1 Å². The van der Waals surface area contributed by atoms with Gasteiger partial charge >= 0.3 is 0 Å². The summed E-state index contributed by atoms with van der Waals surface area (Å²) in [5.74, 6) is 7.39. The monoisotopic (exact) mass is 1960 g/mol. The lowest BCUT2D eigenvalue weighted by atomic mass is 10.0. The summed E-state index contributed by atoms with van der Waals surface area (Å²) in [5, 5.41) is 51.6. The number of thioether (sulfide) groups is 5. The number of amides is 2. The molecule has 714 valence electrons. The molecule has 0 N–H and O–H groups in total. The maximum absolute atomic E-state index is 12.9. The van der Waals surface area contributed by atoms with Gasteiger partial charge in [0.1, 0.15) is 17.3 Å². The lowest BCUT2D eigenvalue weighted by molar-refractivity contribution is -0.116. The molecule has 2 saturated carbocycles. The molecule has 0 saturated heterocycles. The zero-order valence-corrected chi connectivity index (χ0v) is 84.7. The molecule has 0 radical (unpaired) electrons. The Morgan fingerprint density at radius 1 is 0.391 bits per heavy atom. The molecule has 12 heterocycles. The first-order valence-corrected chi connectivity index (χ1v) is 53.3. The number of hydrogen-bond donors (Lipinski definition) is 0. The van der Waals surface area contributed by atoms with E-state index >= 15 is 0 Å². The number of thiazole rings is 1. The van der Waals surface area contributed by atoms with Crippen molar-refractivity contribution in [1.29, 1.82) is 0 Å². The van der Waals surface area contributed by atoms with Gasteiger partial charge in [-0.25, -0.2) is 0 Å². The highest BCUT2D eigenvalue weighted by Crippen LogP contribution is 2.44. The van der Waals surface area contributed by atoms with Crippen molar-refractivity contribution in [3.05, 3.63) is 263 Å². The minimum absolute atomic E-state index is 0.118. The molecule has 2 fully saturated rings. The summed E-state index contributed by atoms with van der Waals surface area (Å²) in [4.78, 5) is 84.4. The number of aryl methyl sites for hydroxylation is 5. The third kappa shape index (κ3) is 26.4. The number of fused-ring (bicyclic) bond motifs is 2. The standard InChI is InChI=1S/C22H23N5OS.C22H25N5OS.C21H22N4OS.C20H25N5OS.C19H22N4OS2/c1-2-15-3-6-19-17(13-15)9-12-26(19)20(28)14-29-22-25-24-21(27(22)18-4-5-18)16-7-10-23-11-8-16;1-3-11-27-21(18-6-5-10-23-14-18)24-25-22(27)29-15-20(28)26-12-9-17-13-16(4-2)7-8-19(17)26;1-2-15-5-7-16(8-6-15)12-19(26)14-27-21-24-23-20(25(21)18-9-10-18)17-4-3-11-22-13-17;1-4-10-25-19(17-12-21-24(3)13-17)22-23-20(25)27-14-18(26)11-16-8-6-15(5-2)7-9-16;1-4-23-18(17-10-20-12-26-17)21-22-19(23)25-11-16(24)9-14-5-7-15(8-6-14)13(2)3/h3,6-8,10-11,13,18H,2,4-5,9,12,14H2,1H3;5-8,10,13-14H,3-4,9,11-12,15H2,1-2H3;3-8,11,13,18H,2,9-10,12,14H2,1H3;6-9,12-13H,4-5,10-11,14H2,1-3H3;5-8,10,12-13H,4,9,11H2,1-3H3. The van der Waals surface area contributed by atoms with Gasteiger partial charge in [-0.2, -0.15) is 5.10 Å². The highest BCUT2D eigenvalue weighted by Gasteiger charge is 2.34. The molecule has 34 heteroatoms. The molecular formula is C104H117N23O5S6. The first kappa shape index (κ1) is 100. The molecule has 0 unspecified atom stereocenters. The van der Waals surface area contributed by atoms with Crippen LogP contribution in [0.15, 0.2) is 233 Å². The third-order valence-corrected chi connectivity index (χ3v) is 29.6. The molecule has 0 bridgehead atoms. The van der Waals surface area contributed by atoms with Crippen LogP contribution in [0.5, 0.6) is 0 Å². The third-order valence-electron chi connectivity index (χ3n) is 23.9. The topological polar surface area (TPSA) is 315 Å². The fourth-order valence-corrected chi connectivity index (χ4v) is 21.0. The molecule has 15 aromatic rings. The van der Waals surface area contributed by atoms with Crippen LogP contribution in [-0.2, 0) is 108 Å². The molecule has 19 rings (SSSR count). The second-order valence-electron chi connectivity index (χ2n) is 34.3. The number of benzene rings is 5. The molecule has 0 spiro atoms. The minimum Gasteiger partial charge on any atom is -0.311 e. The molecule has 28 nitrogen and oxygen atoms in total. The SMILES string of the molecule is CCCn1c(SCC(=O)Cc2ccc(CC)cc2)nnc1-c1cnn(C)c1.CCCn1c(SCC(=O)N2CCc3cc(CC)ccc32)nnc1-c1cccnc1.CCc1ccc(CC(=O)CSc2nnc(-c3cccnc3)n2C2CC2)cc1.CCc1ccc2c(c1)CCN2C(=O)CSc1nnc(-c2ccncc2)n1C1CC1.CCn1c(SCC(=O)Cc2ccc(C(C)C)cc2)nnc1-c1cncs1. The van der Waals surface area contributed by atoms with Crippen molar-refractivity contribution in [1.82, 2.24) is 104 Å². The number of Topliss-reactive ketones (excluding diaryl/α,β-unsaturated/α-hetero) is 3. The van der Waals surface area contributed by atoms with Gasteiger partial charge in [-0.3, -0.25) is 57.7 Å². The fourth-order valence-electron chi connectivity index (χ4n) is 16.1. The van der Waals surface area contributed by atoms with Gasteiger partial charge in [0.05, 0.1) is 50.9 Å². The molecule has 4 aliphatic rings. The highest BCUT2D eigenvalue weighted by atomic mass is 32.2. The van der Waals surface area contributed by atoms with Crippen LogP contribution in [0.1, 0.15) is 174 Å². The van der Waals surface area contributed by atoms with Crippen molar-refractivity contribution in [2.45, 2.75) is 222 Å². The van der Waals surface area contributed by atoms with E-state index in [1.165, 1.54) is 109 Å². The van der Waals surface area contributed by atoms with E-state index in [9.17, 15) is 24.0 Å². The van der Waals surface area contributed by atoms with E-state index in [0.29, 0.717) is 66.0 Å². The van der Waals surface area contributed by atoms with Crippen molar-refractivity contribution in [2.24, 2.45) is 7.05 Å². The van der Waals surface area contributed by atoms with Crippen molar-refractivity contribution in [3.8, 4) is 56.3 Å². The Hall–Kier alpha value is -12.2. The molecule has 5 aromatic carbocycles. The molecule has 10 aromatic heterocycles. The average Bonchev–Trinajstić information content (AvgIpc) is 1.63. The lowest BCUT2D eigenvalue weighted by Gasteiger charge is -2.17. The number of carbonyl (C=O) groups excluding carboxylic acids is 5. The Kier molecular flexibility index (Phi) is 35.9. The van der Waals surface area contributed by atoms with E-state index in [1.807, 2.05) is 94.5 Å². The van der Waals surface area contributed by atoms with Gasteiger partial charge < -0.3 is 23.5 Å². The number of aromatic nitrogens is 21. The summed E-state index contributed by atoms with van der Waals surface area (Å²) in [5.41, 5.74) is 20.0. The molecule has 2 aliphatic carbocycles. The normalized spacial score (nSPS) is 12.9. The number of anilines is 2. The first-order valence-electron chi connectivity index (χ1n) is 47.4. The number of pyridine rings is 3. The van der Waals surface area contributed by atoms with Crippen LogP contribution in [0, 0.1) is 0 Å². The van der Waals surface area contributed by atoms with Crippen molar-refractivity contribution < 1.29 is 24.0 Å². The highest BCUT2D eigenvalue weighted by molar-refractivity contribution is 8.00. The van der Waals surface area contributed by atoms with Crippen molar-refractivity contribution >= 4 is 111 Å². The average molecular weight is 1960 g/mol. The number of nitrogens with zero attached hydrogens (tertiary/aromatic N) is 23. The summed E-state index contributed by atoms with van der Waals surface area (Å²) in [6.45, 7) is 23.1. The van der Waals surface area contributed by atoms with E-state index in [2.05, 4.69) is 242 Å². The smallest absolute Gasteiger partial charge is 0.237 e. The Bertz CT molecular complexity index is 6530. The van der Waals surface area contributed by atoms with Gasteiger partial charge in [-0.15, -0.1) is 62.3 Å². The predicted octanol–water partition coefficient (Wildman–Crippen LogP) is 20.1. The second-order valence-corrected chi connectivity index (χ2v) is 39.9. The summed E-state index contributed by atoms with van der Waals surface area (Å²) in [6.07, 6.45) is 29.9. The molecule has 2 aliphatic heterocycles. The van der Waals surface area contributed by atoms with Gasteiger partial charge in [0, 0.05) is 149 Å².